The average Bonchev–Trinajstić information content (AvgIpc) is 2.93. The maximum Gasteiger partial charge on any atom is 0.408 e. The summed E-state index contributed by atoms with van der Waals surface area (Å²) in [7, 11) is 1.57. The Kier molecular flexibility index (Phi) is 13.1. The number of ether oxygens (including phenoxy) is 2. The first-order valence-corrected chi connectivity index (χ1v) is 15.0. The van der Waals surface area contributed by atoms with E-state index in [-0.39, 0.29) is 23.8 Å². The highest BCUT2D eigenvalue weighted by Crippen LogP contribution is 2.30. The summed E-state index contributed by atoms with van der Waals surface area (Å²) in [6, 6.07) is 11.8. The topological polar surface area (TPSA) is 97.0 Å². The van der Waals surface area contributed by atoms with Crippen LogP contribution in [0.4, 0.5) is 10.5 Å². The smallest absolute Gasteiger partial charge is 0.408 e. The number of benzene rings is 2. The van der Waals surface area contributed by atoms with E-state index in [1.54, 1.807) is 81.3 Å². The minimum absolute atomic E-state index is 0.0817. The van der Waals surface area contributed by atoms with E-state index in [2.05, 4.69) is 30.4 Å². The van der Waals surface area contributed by atoms with Gasteiger partial charge in [-0.2, -0.15) is 0 Å². The van der Waals surface area contributed by atoms with E-state index in [4.69, 9.17) is 15.9 Å². The van der Waals surface area contributed by atoms with Gasteiger partial charge in [-0.15, -0.1) is 6.42 Å². The van der Waals surface area contributed by atoms with Gasteiger partial charge >= 0.3 is 6.09 Å². The minimum atomic E-state index is -1.00. The first kappa shape index (κ1) is 35.2. The van der Waals surface area contributed by atoms with Crippen LogP contribution >= 0.6 is 0 Å². The molecular formula is C35H49N3O5. The molecule has 0 aliphatic heterocycles. The first-order chi connectivity index (χ1) is 20.1. The zero-order chi connectivity index (χ0) is 32.3. The van der Waals surface area contributed by atoms with E-state index in [1.807, 2.05) is 20.8 Å². The molecule has 3 unspecified atom stereocenters. The molecule has 3 amide bonds. The van der Waals surface area contributed by atoms with E-state index in [1.165, 1.54) is 0 Å². The molecular weight excluding hydrogens is 542 g/mol. The van der Waals surface area contributed by atoms with E-state index in [0.29, 0.717) is 41.3 Å². The van der Waals surface area contributed by atoms with Crippen molar-refractivity contribution >= 4 is 23.6 Å². The van der Waals surface area contributed by atoms with Gasteiger partial charge in [0.15, 0.2) is 0 Å². The summed E-state index contributed by atoms with van der Waals surface area (Å²) in [5.74, 6) is 3.00. The molecule has 0 radical (unpaired) electrons. The van der Waals surface area contributed by atoms with Crippen LogP contribution in [0.25, 0.3) is 0 Å². The molecule has 2 aromatic carbocycles. The van der Waals surface area contributed by atoms with Gasteiger partial charge in [0.2, 0.25) is 5.91 Å². The molecule has 2 aromatic rings. The summed E-state index contributed by atoms with van der Waals surface area (Å²) >= 11 is 0. The summed E-state index contributed by atoms with van der Waals surface area (Å²) < 4.78 is 10.8. The summed E-state index contributed by atoms with van der Waals surface area (Å²) in [5.41, 5.74) is 1.09. The van der Waals surface area contributed by atoms with Gasteiger partial charge in [0.25, 0.3) is 5.91 Å². The lowest BCUT2D eigenvalue weighted by Crippen LogP contribution is -2.55. The molecule has 0 aliphatic carbocycles. The fourth-order valence-electron chi connectivity index (χ4n) is 4.72. The Hall–Kier alpha value is -3.99. The fourth-order valence-corrected chi connectivity index (χ4v) is 4.72. The Balaban J connectivity index is 2.64. The van der Waals surface area contributed by atoms with Crippen molar-refractivity contribution in [2.75, 3.05) is 12.4 Å². The normalized spacial score (nSPS) is 13.4. The van der Waals surface area contributed by atoms with Crippen LogP contribution in [0, 0.1) is 24.2 Å². The van der Waals surface area contributed by atoms with E-state index in [9.17, 15) is 14.4 Å². The summed E-state index contributed by atoms with van der Waals surface area (Å²) in [6.45, 7) is 15.5. The molecule has 234 valence electrons. The maximum absolute atomic E-state index is 14.6. The van der Waals surface area contributed by atoms with Gasteiger partial charge in [0.1, 0.15) is 23.4 Å². The minimum Gasteiger partial charge on any atom is -0.497 e. The van der Waals surface area contributed by atoms with Gasteiger partial charge in [-0.3, -0.25) is 9.59 Å². The van der Waals surface area contributed by atoms with Crippen molar-refractivity contribution in [2.45, 2.75) is 98.4 Å². The number of rotatable bonds is 13. The predicted octanol–water partition coefficient (Wildman–Crippen LogP) is 6.95. The molecule has 0 spiro atoms. The van der Waals surface area contributed by atoms with Crippen molar-refractivity contribution in [3.05, 3.63) is 59.7 Å². The predicted molar refractivity (Wildman–Crippen MR) is 172 cm³/mol. The SMILES string of the molecule is C#Cc1ccc(C(C(=O)Nc2ccc(OC)cc2)N(C(=O)C(CC(C)C)NC(=O)OC(C)(C)C)C(C)CCC(C)C)cc1. The number of carbonyl (C=O) groups excluding carboxylic acids is 3. The maximum atomic E-state index is 14.6. The Morgan fingerprint density at radius 2 is 1.51 bits per heavy atom. The Labute approximate surface area is 257 Å². The van der Waals surface area contributed by atoms with Crippen molar-refractivity contribution < 1.29 is 23.9 Å². The fraction of sp³-hybridized carbons (Fsp3) is 0.514. The third kappa shape index (κ3) is 11.3. The molecule has 43 heavy (non-hydrogen) atoms. The second-order valence-corrected chi connectivity index (χ2v) is 12.8. The van der Waals surface area contributed by atoms with Gasteiger partial charge in [-0.25, -0.2) is 4.79 Å². The Bertz CT molecular complexity index is 1240. The van der Waals surface area contributed by atoms with Crippen LogP contribution in [0.5, 0.6) is 5.75 Å². The van der Waals surface area contributed by atoms with Crippen molar-refractivity contribution in [3.8, 4) is 18.1 Å². The largest absolute Gasteiger partial charge is 0.497 e. The number of alkyl carbamates (subject to hydrolysis) is 1. The molecule has 0 aromatic heterocycles. The van der Waals surface area contributed by atoms with Crippen molar-refractivity contribution in [3.63, 3.8) is 0 Å². The number of hydrogen-bond acceptors (Lipinski definition) is 5. The van der Waals surface area contributed by atoms with Crippen LogP contribution in [-0.2, 0) is 14.3 Å². The monoisotopic (exact) mass is 591 g/mol. The Morgan fingerprint density at radius 1 is 0.907 bits per heavy atom. The van der Waals surface area contributed by atoms with E-state index >= 15 is 0 Å². The van der Waals surface area contributed by atoms with Crippen LogP contribution in [-0.4, -0.2) is 47.6 Å². The van der Waals surface area contributed by atoms with Crippen LogP contribution in [0.3, 0.4) is 0 Å². The highest BCUT2D eigenvalue weighted by atomic mass is 16.6. The highest BCUT2D eigenvalue weighted by molar-refractivity contribution is 5.99. The average molecular weight is 592 g/mol. The molecule has 0 aliphatic rings. The Morgan fingerprint density at radius 3 is 2.00 bits per heavy atom. The lowest BCUT2D eigenvalue weighted by Gasteiger charge is -2.39. The molecule has 0 fully saturated rings. The first-order valence-electron chi connectivity index (χ1n) is 15.0. The van der Waals surface area contributed by atoms with Crippen LogP contribution in [0.15, 0.2) is 48.5 Å². The third-order valence-electron chi connectivity index (χ3n) is 6.86. The summed E-state index contributed by atoms with van der Waals surface area (Å²) in [5, 5.41) is 5.79. The number of methoxy groups -OCH3 is 1. The third-order valence-corrected chi connectivity index (χ3v) is 6.86. The van der Waals surface area contributed by atoms with E-state index in [0.717, 1.165) is 6.42 Å². The van der Waals surface area contributed by atoms with Crippen molar-refractivity contribution in [1.82, 2.24) is 10.2 Å². The molecule has 8 nitrogen and oxygen atoms in total. The number of anilines is 1. The van der Waals surface area contributed by atoms with Crippen molar-refractivity contribution in [1.29, 1.82) is 0 Å². The van der Waals surface area contributed by atoms with Crippen molar-refractivity contribution in [2.24, 2.45) is 11.8 Å². The van der Waals surface area contributed by atoms with Gasteiger partial charge < -0.3 is 25.0 Å². The van der Waals surface area contributed by atoms with Gasteiger partial charge in [-0.1, -0.05) is 45.7 Å². The quantitative estimate of drug-likeness (QED) is 0.246. The van der Waals surface area contributed by atoms with E-state index < -0.39 is 23.8 Å². The zero-order valence-electron chi connectivity index (χ0n) is 27.2. The number of terminal acetylenes is 1. The molecule has 0 bridgehead atoms. The second-order valence-electron chi connectivity index (χ2n) is 12.8. The van der Waals surface area contributed by atoms with Gasteiger partial charge in [0, 0.05) is 17.3 Å². The van der Waals surface area contributed by atoms with Gasteiger partial charge in [-0.05, 0) is 101 Å². The number of amides is 3. The lowest BCUT2D eigenvalue weighted by atomic mass is 9.95. The number of nitrogens with one attached hydrogen (secondary N) is 2. The number of hydrogen-bond donors (Lipinski definition) is 2. The van der Waals surface area contributed by atoms with Crippen LogP contribution < -0.4 is 15.4 Å². The number of carbonyl (C=O) groups is 3. The summed E-state index contributed by atoms with van der Waals surface area (Å²) in [4.78, 5) is 43.3. The number of nitrogens with zero attached hydrogens (tertiary/aromatic N) is 1. The van der Waals surface area contributed by atoms with Crippen LogP contribution in [0.2, 0.25) is 0 Å². The molecule has 2 N–H and O–H groups in total. The van der Waals surface area contributed by atoms with Crippen LogP contribution in [0.1, 0.15) is 91.8 Å². The second kappa shape index (κ2) is 16.0. The summed E-state index contributed by atoms with van der Waals surface area (Å²) in [6.07, 6.45) is 6.81. The molecule has 2 rings (SSSR count). The zero-order valence-corrected chi connectivity index (χ0v) is 27.2. The molecule has 3 atom stereocenters. The molecule has 0 saturated carbocycles. The van der Waals surface area contributed by atoms with Gasteiger partial charge in [0.05, 0.1) is 7.11 Å². The highest BCUT2D eigenvalue weighted by Gasteiger charge is 2.39. The lowest BCUT2D eigenvalue weighted by molar-refractivity contribution is -0.144. The molecule has 0 saturated heterocycles. The molecule has 8 heteroatoms. The molecule has 0 heterocycles. The standard InChI is InChI=1S/C35H49N3O5/c1-11-26-14-16-27(17-15-26)31(32(39)36-28-18-20-29(42-10)21-19-28)38(25(6)13-12-23(2)3)33(40)30(22-24(4)5)37-34(41)43-35(7,8)9/h1,14-21,23-25,30-31H,12-13,22H2,2-10H3,(H,36,39)(H,37,41).